The molecule has 0 radical (unpaired) electrons. The first kappa shape index (κ1) is 21.1. The van der Waals surface area contributed by atoms with E-state index < -0.39 is 15.9 Å². The van der Waals surface area contributed by atoms with E-state index in [0.717, 1.165) is 29.7 Å². The molecule has 0 spiro atoms. The molecular formula is C20H20N4O5S2. The summed E-state index contributed by atoms with van der Waals surface area (Å²) in [6.45, 7) is 0.367. The number of nitrogens with one attached hydrogen (secondary N) is 1. The molecule has 1 aromatic heterocycles. The largest absolute Gasteiger partial charge is 0.493 e. The van der Waals surface area contributed by atoms with Crippen LogP contribution >= 0.6 is 11.3 Å². The summed E-state index contributed by atoms with van der Waals surface area (Å²) >= 11 is 0.809. The summed E-state index contributed by atoms with van der Waals surface area (Å²) < 4.78 is 37.9. The van der Waals surface area contributed by atoms with Crippen LogP contribution in [-0.2, 0) is 16.4 Å². The number of carbonyl (C=O) groups excluding carboxylic acids is 1. The number of ether oxygens (including phenoxy) is 2. The summed E-state index contributed by atoms with van der Waals surface area (Å²) in [5.74, 6) is 0.425. The van der Waals surface area contributed by atoms with Crippen LogP contribution in [0.3, 0.4) is 0 Å². The minimum absolute atomic E-state index is 0.0867. The lowest BCUT2D eigenvalue weighted by Crippen LogP contribution is -2.35. The van der Waals surface area contributed by atoms with Crippen molar-refractivity contribution in [1.29, 1.82) is 0 Å². The fourth-order valence-electron chi connectivity index (χ4n) is 3.35. The Morgan fingerprint density at radius 3 is 2.65 bits per heavy atom. The van der Waals surface area contributed by atoms with Crippen LogP contribution in [0.15, 0.2) is 46.8 Å². The number of para-hydroxylation sites is 1. The predicted molar refractivity (Wildman–Crippen MR) is 117 cm³/mol. The maximum Gasteiger partial charge on any atom is 0.293 e. The van der Waals surface area contributed by atoms with Crippen molar-refractivity contribution in [2.45, 2.75) is 17.2 Å². The molecule has 4 rings (SSSR count). The van der Waals surface area contributed by atoms with Gasteiger partial charge in [0.1, 0.15) is 0 Å². The van der Waals surface area contributed by atoms with Crippen molar-refractivity contribution in [2.24, 2.45) is 0 Å². The molecule has 1 amide bonds. The van der Waals surface area contributed by atoms with E-state index in [-0.39, 0.29) is 9.47 Å². The van der Waals surface area contributed by atoms with Gasteiger partial charge in [-0.1, -0.05) is 29.5 Å². The van der Waals surface area contributed by atoms with Gasteiger partial charge in [0, 0.05) is 12.1 Å². The number of methoxy groups -OCH3 is 2. The lowest BCUT2D eigenvalue weighted by Gasteiger charge is -2.29. The fourth-order valence-corrected chi connectivity index (χ4v) is 5.89. The van der Waals surface area contributed by atoms with Crippen LogP contribution in [0.5, 0.6) is 11.5 Å². The lowest BCUT2D eigenvalue weighted by atomic mass is 10.0. The molecule has 2 heterocycles. The van der Waals surface area contributed by atoms with Crippen molar-refractivity contribution in [2.75, 3.05) is 30.4 Å². The third kappa shape index (κ3) is 4.06. The first-order valence-corrected chi connectivity index (χ1v) is 11.7. The first-order chi connectivity index (χ1) is 14.9. The third-order valence-electron chi connectivity index (χ3n) is 4.85. The molecule has 9 nitrogen and oxygen atoms in total. The van der Waals surface area contributed by atoms with Crippen molar-refractivity contribution in [3.05, 3.63) is 53.6 Å². The van der Waals surface area contributed by atoms with Crippen LogP contribution in [-0.4, -0.2) is 45.3 Å². The number of amides is 1. The average molecular weight is 461 g/mol. The Balaban J connectivity index is 1.55. The van der Waals surface area contributed by atoms with Crippen LogP contribution in [0.25, 0.3) is 0 Å². The number of benzene rings is 2. The Morgan fingerprint density at radius 1 is 1.10 bits per heavy atom. The van der Waals surface area contributed by atoms with Gasteiger partial charge in [-0.3, -0.25) is 14.4 Å². The summed E-state index contributed by atoms with van der Waals surface area (Å²) in [4.78, 5) is 12.6. The summed E-state index contributed by atoms with van der Waals surface area (Å²) in [6, 6.07) is 12.1. The number of hydrogen-bond donors (Lipinski definition) is 1. The number of aryl methyl sites for hydroxylation is 1. The lowest BCUT2D eigenvalue weighted by molar-refractivity contribution is 0.102. The summed E-state index contributed by atoms with van der Waals surface area (Å²) in [7, 11) is -0.910. The highest BCUT2D eigenvalue weighted by Gasteiger charge is 2.32. The second-order valence-corrected chi connectivity index (χ2v) is 9.72. The average Bonchev–Trinajstić information content (AvgIpc) is 3.27. The standard InChI is InChI=1S/C20H20N4O5S2/c1-28-16-10-9-14(12-17(16)29-2)18(25)21-19-22-23-20(30-19)31(26,27)24-11-5-7-13-6-3-4-8-15(13)24/h3-4,6,8-10,12H,5,7,11H2,1-2H3,(H,21,22,25). The van der Waals surface area contributed by atoms with Gasteiger partial charge in [0.25, 0.3) is 20.3 Å². The van der Waals surface area contributed by atoms with Gasteiger partial charge in [-0.05, 0) is 42.7 Å². The molecule has 31 heavy (non-hydrogen) atoms. The van der Waals surface area contributed by atoms with Crippen molar-refractivity contribution < 1.29 is 22.7 Å². The maximum atomic E-state index is 13.2. The van der Waals surface area contributed by atoms with Crippen LogP contribution < -0.4 is 19.1 Å². The van der Waals surface area contributed by atoms with Gasteiger partial charge in [-0.25, -0.2) is 0 Å². The predicted octanol–water partition coefficient (Wildman–Crippen LogP) is 2.95. The highest BCUT2D eigenvalue weighted by Crippen LogP contribution is 2.33. The Labute approximate surface area is 183 Å². The molecular weight excluding hydrogens is 440 g/mol. The Kier molecular flexibility index (Phi) is 5.79. The molecule has 1 N–H and O–H groups in total. The normalized spacial score (nSPS) is 13.4. The van der Waals surface area contributed by atoms with E-state index in [0.29, 0.717) is 29.3 Å². The second kappa shape index (κ2) is 8.52. The fraction of sp³-hybridized carbons (Fsp3) is 0.250. The number of nitrogens with zero attached hydrogens (tertiary/aromatic N) is 3. The van der Waals surface area contributed by atoms with Crippen LogP contribution in [0, 0.1) is 0 Å². The van der Waals surface area contributed by atoms with Crippen molar-refractivity contribution in [3.63, 3.8) is 0 Å². The number of fused-ring (bicyclic) bond motifs is 1. The van der Waals surface area contributed by atoms with Crippen LogP contribution in [0.2, 0.25) is 0 Å². The number of hydrogen-bond acceptors (Lipinski definition) is 8. The molecule has 11 heteroatoms. The number of rotatable bonds is 6. The van der Waals surface area contributed by atoms with Gasteiger partial charge in [0.15, 0.2) is 11.5 Å². The van der Waals surface area contributed by atoms with Crippen LogP contribution in [0.1, 0.15) is 22.3 Å². The Bertz CT molecular complexity index is 1230. The molecule has 3 aromatic rings. The van der Waals surface area contributed by atoms with Crippen molar-refractivity contribution in [3.8, 4) is 11.5 Å². The smallest absolute Gasteiger partial charge is 0.293 e. The third-order valence-corrected chi connectivity index (χ3v) is 7.85. The van der Waals surface area contributed by atoms with Crippen LogP contribution in [0.4, 0.5) is 10.8 Å². The van der Waals surface area contributed by atoms with Gasteiger partial charge >= 0.3 is 0 Å². The Hall–Kier alpha value is -3.18. The Morgan fingerprint density at radius 2 is 1.87 bits per heavy atom. The molecule has 0 atom stereocenters. The summed E-state index contributed by atoms with van der Waals surface area (Å²) in [5, 5.41) is 10.3. The highest BCUT2D eigenvalue weighted by molar-refractivity contribution is 7.94. The van der Waals surface area contributed by atoms with Gasteiger partial charge in [0.05, 0.1) is 19.9 Å². The van der Waals surface area contributed by atoms with E-state index in [1.54, 1.807) is 18.2 Å². The molecule has 0 unspecified atom stereocenters. The highest BCUT2D eigenvalue weighted by atomic mass is 32.2. The zero-order valence-corrected chi connectivity index (χ0v) is 18.5. The minimum Gasteiger partial charge on any atom is -0.493 e. The number of sulfonamides is 1. The minimum atomic E-state index is -3.88. The molecule has 0 aliphatic carbocycles. The number of aromatic nitrogens is 2. The molecule has 162 valence electrons. The molecule has 1 aliphatic rings. The molecule has 0 saturated carbocycles. The molecule has 0 bridgehead atoms. The van der Waals surface area contributed by atoms with E-state index in [1.807, 2.05) is 18.2 Å². The zero-order chi connectivity index (χ0) is 22.0. The maximum absolute atomic E-state index is 13.2. The molecule has 0 fully saturated rings. The van der Waals surface area contributed by atoms with Gasteiger partial charge in [-0.15, -0.1) is 10.2 Å². The summed E-state index contributed by atoms with van der Waals surface area (Å²) in [6.07, 6.45) is 1.54. The van der Waals surface area contributed by atoms with Gasteiger partial charge < -0.3 is 9.47 Å². The van der Waals surface area contributed by atoms with E-state index in [1.165, 1.54) is 24.6 Å². The van der Waals surface area contributed by atoms with Crippen molar-refractivity contribution >= 4 is 38.1 Å². The van der Waals surface area contributed by atoms with E-state index in [4.69, 9.17) is 9.47 Å². The second-order valence-electron chi connectivity index (χ2n) is 6.71. The van der Waals surface area contributed by atoms with E-state index in [9.17, 15) is 13.2 Å². The van der Waals surface area contributed by atoms with E-state index >= 15 is 0 Å². The zero-order valence-electron chi connectivity index (χ0n) is 16.9. The van der Waals surface area contributed by atoms with E-state index in [2.05, 4.69) is 15.5 Å². The number of anilines is 2. The quantitative estimate of drug-likeness (QED) is 0.563. The number of carbonyl (C=O) groups is 1. The summed E-state index contributed by atoms with van der Waals surface area (Å²) in [5.41, 5.74) is 1.94. The van der Waals surface area contributed by atoms with Gasteiger partial charge in [0.2, 0.25) is 5.13 Å². The SMILES string of the molecule is COc1ccc(C(=O)Nc2nnc(S(=O)(=O)N3CCCc4ccccc43)s2)cc1OC. The van der Waals surface area contributed by atoms with Gasteiger partial charge in [-0.2, -0.15) is 8.42 Å². The monoisotopic (exact) mass is 460 g/mol. The molecule has 0 saturated heterocycles. The topological polar surface area (TPSA) is 111 Å². The molecule has 1 aliphatic heterocycles. The van der Waals surface area contributed by atoms with Crippen molar-refractivity contribution in [1.82, 2.24) is 10.2 Å². The first-order valence-electron chi connectivity index (χ1n) is 9.41. The molecule has 2 aromatic carbocycles.